The van der Waals surface area contributed by atoms with E-state index in [1.807, 2.05) is 30.3 Å². The third kappa shape index (κ3) is 3.61. The minimum absolute atomic E-state index is 0.0355. The fourth-order valence-corrected chi connectivity index (χ4v) is 3.75. The summed E-state index contributed by atoms with van der Waals surface area (Å²) < 4.78 is 33.0. The monoisotopic (exact) mass is 339 g/mol. The van der Waals surface area contributed by atoms with Gasteiger partial charge in [-0.1, -0.05) is 41.9 Å². The predicted octanol–water partition coefficient (Wildman–Crippen LogP) is 3.70. The molecule has 4 nitrogen and oxygen atoms in total. The summed E-state index contributed by atoms with van der Waals surface area (Å²) >= 11 is 6.05. The zero-order valence-corrected chi connectivity index (χ0v) is 14.2. The van der Waals surface area contributed by atoms with Crippen LogP contribution in [-0.2, 0) is 10.0 Å². The van der Waals surface area contributed by atoms with Crippen LogP contribution in [0.2, 0.25) is 5.02 Å². The Bertz CT molecular complexity index is 760. The van der Waals surface area contributed by atoms with E-state index in [-0.39, 0.29) is 16.7 Å². The van der Waals surface area contributed by atoms with E-state index < -0.39 is 10.0 Å². The number of sulfonamides is 1. The Labute approximate surface area is 136 Å². The fourth-order valence-electron chi connectivity index (χ4n) is 2.11. The molecule has 2 aromatic rings. The standard InChI is InChI=1S/C16H18ClNO3S/c1-11-9-15(21-3)16(10-14(11)17)22(19,20)18-12(2)13-7-5-4-6-8-13/h4-10,12,18H,1-3H3/t12-/m1/s1. The molecule has 0 fully saturated rings. The first-order valence-corrected chi connectivity index (χ1v) is 8.62. The number of benzene rings is 2. The van der Waals surface area contributed by atoms with Gasteiger partial charge in [-0.2, -0.15) is 0 Å². The molecule has 0 heterocycles. The van der Waals surface area contributed by atoms with Crippen LogP contribution in [-0.4, -0.2) is 15.5 Å². The number of rotatable bonds is 5. The molecule has 118 valence electrons. The maximum atomic E-state index is 12.6. The van der Waals surface area contributed by atoms with Crippen molar-refractivity contribution in [3.63, 3.8) is 0 Å². The Balaban J connectivity index is 2.37. The fraction of sp³-hybridized carbons (Fsp3) is 0.250. The van der Waals surface area contributed by atoms with Crippen molar-refractivity contribution in [2.24, 2.45) is 0 Å². The number of methoxy groups -OCH3 is 1. The van der Waals surface area contributed by atoms with Crippen LogP contribution in [0, 0.1) is 6.92 Å². The van der Waals surface area contributed by atoms with Crippen molar-refractivity contribution >= 4 is 21.6 Å². The van der Waals surface area contributed by atoms with Crippen LogP contribution in [0.5, 0.6) is 5.75 Å². The van der Waals surface area contributed by atoms with Crippen LogP contribution in [0.15, 0.2) is 47.4 Å². The molecule has 1 atom stereocenters. The zero-order valence-electron chi connectivity index (χ0n) is 12.6. The molecule has 0 aliphatic heterocycles. The molecule has 0 radical (unpaired) electrons. The largest absolute Gasteiger partial charge is 0.495 e. The van der Waals surface area contributed by atoms with Crippen LogP contribution in [0.4, 0.5) is 0 Å². The van der Waals surface area contributed by atoms with E-state index in [1.165, 1.54) is 13.2 Å². The van der Waals surface area contributed by atoms with Gasteiger partial charge in [0.15, 0.2) is 0 Å². The molecule has 2 rings (SSSR count). The van der Waals surface area contributed by atoms with Crippen molar-refractivity contribution in [3.8, 4) is 5.75 Å². The average Bonchev–Trinajstić information content (AvgIpc) is 2.49. The summed E-state index contributed by atoms with van der Waals surface area (Å²) in [5.41, 5.74) is 1.64. The van der Waals surface area contributed by atoms with E-state index in [1.54, 1.807) is 19.9 Å². The van der Waals surface area contributed by atoms with E-state index in [9.17, 15) is 8.42 Å². The van der Waals surface area contributed by atoms with Crippen molar-refractivity contribution in [2.45, 2.75) is 24.8 Å². The normalized spacial score (nSPS) is 12.9. The highest BCUT2D eigenvalue weighted by atomic mass is 35.5. The summed E-state index contributed by atoms with van der Waals surface area (Å²) in [6, 6.07) is 12.0. The second kappa shape index (κ2) is 6.69. The summed E-state index contributed by atoms with van der Waals surface area (Å²) in [6.45, 7) is 3.58. The molecule has 0 saturated heterocycles. The number of nitrogens with one attached hydrogen (secondary N) is 1. The molecule has 0 saturated carbocycles. The lowest BCUT2D eigenvalue weighted by Crippen LogP contribution is -2.27. The van der Waals surface area contributed by atoms with Gasteiger partial charge in [0.05, 0.1) is 7.11 Å². The third-order valence-electron chi connectivity index (χ3n) is 3.37. The van der Waals surface area contributed by atoms with E-state index >= 15 is 0 Å². The van der Waals surface area contributed by atoms with Gasteiger partial charge in [0, 0.05) is 11.1 Å². The van der Waals surface area contributed by atoms with E-state index in [2.05, 4.69) is 4.72 Å². The summed E-state index contributed by atoms with van der Waals surface area (Å²) in [5, 5.41) is 0.383. The molecule has 0 aliphatic carbocycles. The lowest BCUT2D eigenvalue weighted by atomic mass is 10.1. The summed E-state index contributed by atoms with van der Waals surface area (Å²) in [6.07, 6.45) is 0. The van der Waals surface area contributed by atoms with Gasteiger partial charge in [-0.25, -0.2) is 13.1 Å². The van der Waals surface area contributed by atoms with Gasteiger partial charge in [0.25, 0.3) is 0 Å². The summed E-state index contributed by atoms with van der Waals surface area (Å²) in [7, 11) is -2.32. The highest BCUT2D eigenvalue weighted by Gasteiger charge is 2.23. The van der Waals surface area contributed by atoms with E-state index in [4.69, 9.17) is 16.3 Å². The molecule has 0 spiro atoms. The minimum atomic E-state index is -3.75. The quantitative estimate of drug-likeness (QED) is 0.903. The Morgan fingerprint density at radius 3 is 2.41 bits per heavy atom. The first-order chi connectivity index (χ1) is 10.3. The summed E-state index contributed by atoms with van der Waals surface area (Å²) in [4.78, 5) is 0.0355. The van der Waals surface area contributed by atoms with Crippen molar-refractivity contribution in [3.05, 3.63) is 58.6 Å². The molecule has 2 aromatic carbocycles. The van der Waals surface area contributed by atoms with Crippen molar-refractivity contribution in [1.82, 2.24) is 4.72 Å². The van der Waals surface area contributed by atoms with Crippen LogP contribution >= 0.6 is 11.6 Å². The smallest absolute Gasteiger partial charge is 0.244 e. The molecule has 22 heavy (non-hydrogen) atoms. The predicted molar refractivity (Wildman–Crippen MR) is 87.9 cm³/mol. The highest BCUT2D eigenvalue weighted by Crippen LogP contribution is 2.31. The molecular weight excluding hydrogens is 322 g/mol. The number of ether oxygens (including phenoxy) is 1. The van der Waals surface area contributed by atoms with E-state index in [0.29, 0.717) is 5.02 Å². The average molecular weight is 340 g/mol. The molecule has 0 bridgehead atoms. The number of aryl methyl sites for hydroxylation is 1. The molecule has 0 unspecified atom stereocenters. The van der Waals surface area contributed by atoms with Gasteiger partial charge < -0.3 is 4.74 Å². The van der Waals surface area contributed by atoms with Gasteiger partial charge in [0.1, 0.15) is 10.6 Å². The second-order valence-electron chi connectivity index (χ2n) is 5.01. The zero-order chi connectivity index (χ0) is 16.3. The van der Waals surface area contributed by atoms with Gasteiger partial charge in [-0.3, -0.25) is 0 Å². The molecule has 0 aromatic heterocycles. The Morgan fingerprint density at radius 1 is 1.18 bits per heavy atom. The van der Waals surface area contributed by atoms with Crippen molar-refractivity contribution in [2.75, 3.05) is 7.11 Å². The highest BCUT2D eigenvalue weighted by molar-refractivity contribution is 7.89. The van der Waals surface area contributed by atoms with Crippen molar-refractivity contribution < 1.29 is 13.2 Å². The van der Waals surface area contributed by atoms with Gasteiger partial charge in [-0.15, -0.1) is 0 Å². The van der Waals surface area contributed by atoms with Gasteiger partial charge >= 0.3 is 0 Å². The number of hydrogen-bond donors (Lipinski definition) is 1. The van der Waals surface area contributed by atoms with Crippen LogP contribution < -0.4 is 9.46 Å². The maximum absolute atomic E-state index is 12.6. The maximum Gasteiger partial charge on any atom is 0.244 e. The first kappa shape index (κ1) is 16.8. The number of halogens is 1. The molecule has 0 amide bonds. The van der Waals surface area contributed by atoms with Gasteiger partial charge in [-0.05, 0) is 37.1 Å². The molecule has 6 heteroatoms. The first-order valence-electron chi connectivity index (χ1n) is 6.76. The minimum Gasteiger partial charge on any atom is -0.495 e. The molecule has 1 N–H and O–H groups in total. The molecule has 0 aliphatic rings. The Morgan fingerprint density at radius 2 is 1.82 bits per heavy atom. The summed E-state index contributed by atoms with van der Waals surface area (Å²) in [5.74, 6) is 0.273. The topological polar surface area (TPSA) is 55.4 Å². The lowest BCUT2D eigenvalue weighted by Gasteiger charge is -2.17. The SMILES string of the molecule is COc1cc(C)c(Cl)cc1S(=O)(=O)N[C@H](C)c1ccccc1. The Hall–Kier alpha value is -1.56. The number of hydrogen-bond acceptors (Lipinski definition) is 3. The van der Waals surface area contributed by atoms with Crippen molar-refractivity contribution in [1.29, 1.82) is 0 Å². The molecular formula is C16H18ClNO3S. The van der Waals surface area contributed by atoms with Crippen LogP contribution in [0.25, 0.3) is 0 Å². The van der Waals surface area contributed by atoms with Crippen LogP contribution in [0.3, 0.4) is 0 Å². The second-order valence-corrected chi connectivity index (χ2v) is 7.10. The van der Waals surface area contributed by atoms with E-state index in [0.717, 1.165) is 11.1 Å². The van der Waals surface area contributed by atoms with Gasteiger partial charge in [0.2, 0.25) is 10.0 Å². The third-order valence-corrected chi connectivity index (χ3v) is 5.34. The lowest BCUT2D eigenvalue weighted by molar-refractivity contribution is 0.401. The van der Waals surface area contributed by atoms with Crippen LogP contribution in [0.1, 0.15) is 24.1 Å². The Kier molecular flexibility index (Phi) is 5.11.